The Balaban J connectivity index is 2.73. The highest BCUT2D eigenvalue weighted by atomic mass is 16.4. The lowest BCUT2D eigenvalue weighted by Crippen LogP contribution is -2.21. The summed E-state index contributed by atoms with van der Waals surface area (Å²) in [5.74, 6) is -0.0787. The average molecular weight is 275 g/mol. The normalized spacial score (nSPS) is 12.8. The maximum atomic E-state index is 11.5. The van der Waals surface area contributed by atoms with Crippen molar-refractivity contribution in [3.05, 3.63) is 29.1 Å². The first-order valence-corrected chi connectivity index (χ1v) is 6.90. The molecule has 0 saturated carbocycles. The van der Waals surface area contributed by atoms with Gasteiger partial charge in [0.15, 0.2) is 0 Å². The lowest BCUT2D eigenvalue weighted by Gasteiger charge is -2.16. The maximum Gasteiger partial charge on any atom is 0.326 e. The van der Waals surface area contributed by atoms with E-state index in [1.807, 2.05) is 37.5 Å². The Labute approximate surface area is 118 Å². The average Bonchev–Trinajstić information content (AvgIpc) is 2.70. The quantitative estimate of drug-likeness (QED) is 0.876. The summed E-state index contributed by atoms with van der Waals surface area (Å²) in [6.07, 6.45) is 1.10. The van der Waals surface area contributed by atoms with Crippen LogP contribution >= 0.6 is 0 Å². The van der Waals surface area contributed by atoms with E-state index in [1.54, 1.807) is 0 Å². The van der Waals surface area contributed by atoms with Gasteiger partial charge in [0.25, 0.3) is 0 Å². The molecular formula is C15H21N3O2. The van der Waals surface area contributed by atoms with E-state index in [-0.39, 0.29) is 0 Å². The number of carbonyl (C=O) groups is 1. The number of carboxylic acid groups (broad SMARTS) is 1. The molecule has 0 fully saturated rings. The lowest BCUT2D eigenvalue weighted by molar-refractivity contribution is -0.140. The first-order valence-electron chi connectivity index (χ1n) is 6.90. The van der Waals surface area contributed by atoms with Crippen molar-refractivity contribution in [1.29, 1.82) is 0 Å². The van der Waals surface area contributed by atoms with E-state index in [2.05, 4.69) is 4.98 Å². The van der Waals surface area contributed by atoms with Crippen LogP contribution in [0.5, 0.6) is 0 Å². The summed E-state index contributed by atoms with van der Waals surface area (Å²) >= 11 is 0. The van der Waals surface area contributed by atoms with Crippen molar-refractivity contribution in [1.82, 2.24) is 9.55 Å². The van der Waals surface area contributed by atoms with Crippen LogP contribution in [-0.2, 0) is 11.2 Å². The second kappa shape index (κ2) is 5.63. The summed E-state index contributed by atoms with van der Waals surface area (Å²) < 4.78 is 1.83. The first-order chi connectivity index (χ1) is 9.49. The number of fused-ring (bicyclic) bond motifs is 1. The Morgan fingerprint density at radius 1 is 1.40 bits per heavy atom. The Hall–Kier alpha value is -1.88. The van der Waals surface area contributed by atoms with Gasteiger partial charge in [-0.25, -0.2) is 9.78 Å². The van der Waals surface area contributed by atoms with E-state index in [1.165, 1.54) is 0 Å². The predicted molar refractivity (Wildman–Crippen MR) is 78.9 cm³/mol. The van der Waals surface area contributed by atoms with E-state index < -0.39 is 12.0 Å². The molecule has 20 heavy (non-hydrogen) atoms. The number of aryl methyl sites for hydroxylation is 2. The number of nitrogens with two attached hydrogens (primary N) is 1. The summed E-state index contributed by atoms with van der Waals surface area (Å²) in [7, 11) is 0. The number of aromatic nitrogens is 2. The maximum absolute atomic E-state index is 11.5. The van der Waals surface area contributed by atoms with Gasteiger partial charge in [-0.05, 0) is 50.1 Å². The highest BCUT2D eigenvalue weighted by Crippen LogP contribution is 2.26. The third kappa shape index (κ3) is 2.41. The SMILES string of the molecule is CCC(C(=O)O)n1c(CCN)nc2cc(C)c(C)cc21. The van der Waals surface area contributed by atoms with E-state index >= 15 is 0 Å². The highest BCUT2D eigenvalue weighted by molar-refractivity contribution is 5.81. The van der Waals surface area contributed by atoms with E-state index in [0.717, 1.165) is 28.0 Å². The van der Waals surface area contributed by atoms with Crippen LogP contribution in [0.4, 0.5) is 0 Å². The molecule has 1 aromatic heterocycles. The molecule has 2 rings (SSSR count). The van der Waals surface area contributed by atoms with Crippen molar-refractivity contribution in [2.75, 3.05) is 6.54 Å². The molecule has 0 saturated heterocycles. The zero-order chi connectivity index (χ0) is 14.9. The van der Waals surface area contributed by atoms with Crippen molar-refractivity contribution < 1.29 is 9.90 Å². The second-order valence-electron chi connectivity index (χ2n) is 5.12. The molecule has 108 valence electrons. The molecule has 1 unspecified atom stereocenters. The van der Waals surface area contributed by atoms with Crippen molar-refractivity contribution in [3.8, 4) is 0 Å². The molecule has 0 bridgehead atoms. The smallest absolute Gasteiger partial charge is 0.326 e. The predicted octanol–water partition coefficient (Wildman–Crippen LogP) is 2.19. The molecule has 5 nitrogen and oxygen atoms in total. The van der Waals surface area contributed by atoms with Gasteiger partial charge in [-0.3, -0.25) is 0 Å². The van der Waals surface area contributed by atoms with Crippen LogP contribution in [0.25, 0.3) is 11.0 Å². The number of hydrogen-bond donors (Lipinski definition) is 2. The molecule has 5 heteroatoms. The summed E-state index contributed by atoms with van der Waals surface area (Å²) in [5, 5.41) is 9.44. The van der Waals surface area contributed by atoms with Crippen LogP contribution in [0, 0.1) is 13.8 Å². The van der Waals surface area contributed by atoms with Crippen LogP contribution in [0.3, 0.4) is 0 Å². The summed E-state index contributed by atoms with van der Waals surface area (Å²) in [5.41, 5.74) is 9.65. The Morgan fingerprint density at radius 3 is 2.60 bits per heavy atom. The molecule has 0 amide bonds. The molecule has 1 heterocycles. The summed E-state index contributed by atoms with van der Waals surface area (Å²) in [6, 6.07) is 3.43. The van der Waals surface area contributed by atoms with Gasteiger partial charge in [-0.2, -0.15) is 0 Å². The number of imidazole rings is 1. The summed E-state index contributed by atoms with van der Waals surface area (Å²) in [4.78, 5) is 16.1. The molecule has 1 atom stereocenters. The van der Waals surface area contributed by atoms with Crippen LogP contribution in [0.2, 0.25) is 0 Å². The largest absolute Gasteiger partial charge is 0.480 e. The fraction of sp³-hybridized carbons (Fsp3) is 0.467. The van der Waals surface area contributed by atoms with Crippen molar-refractivity contribution in [3.63, 3.8) is 0 Å². The van der Waals surface area contributed by atoms with Gasteiger partial charge < -0.3 is 15.4 Å². The molecule has 1 aromatic carbocycles. The third-order valence-electron chi connectivity index (χ3n) is 3.73. The number of benzene rings is 1. The molecule has 0 aliphatic heterocycles. The minimum atomic E-state index is -0.830. The Bertz CT molecular complexity index is 646. The van der Waals surface area contributed by atoms with Gasteiger partial charge in [0.2, 0.25) is 0 Å². The van der Waals surface area contributed by atoms with Gasteiger partial charge in [0.05, 0.1) is 11.0 Å². The minimum Gasteiger partial charge on any atom is -0.480 e. The zero-order valence-corrected chi connectivity index (χ0v) is 12.2. The zero-order valence-electron chi connectivity index (χ0n) is 12.2. The van der Waals surface area contributed by atoms with Gasteiger partial charge in [0.1, 0.15) is 11.9 Å². The third-order valence-corrected chi connectivity index (χ3v) is 3.73. The van der Waals surface area contributed by atoms with E-state index in [4.69, 9.17) is 5.73 Å². The fourth-order valence-corrected chi connectivity index (χ4v) is 2.52. The standard InChI is InChI=1S/C15H21N3O2/c1-4-12(15(19)20)18-13-8-10(3)9(2)7-11(13)17-14(18)5-6-16/h7-8,12H,4-6,16H2,1-3H3,(H,19,20). The number of nitrogens with zero attached hydrogens (tertiary/aromatic N) is 2. The second-order valence-corrected chi connectivity index (χ2v) is 5.12. The van der Waals surface area contributed by atoms with Gasteiger partial charge in [-0.1, -0.05) is 6.92 Å². The molecule has 3 N–H and O–H groups in total. The van der Waals surface area contributed by atoms with Crippen LogP contribution < -0.4 is 5.73 Å². The number of hydrogen-bond acceptors (Lipinski definition) is 3. The van der Waals surface area contributed by atoms with E-state index in [0.29, 0.717) is 19.4 Å². The molecule has 2 aromatic rings. The fourth-order valence-electron chi connectivity index (χ4n) is 2.52. The molecule has 0 aliphatic rings. The number of rotatable bonds is 5. The Morgan fingerprint density at radius 2 is 2.05 bits per heavy atom. The van der Waals surface area contributed by atoms with Crippen molar-refractivity contribution in [2.24, 2.45) is 5.73 Å². The van der Waals surface area contributed by atoms with Gasteiger partial charge in [0, 0.05) is 6.42 Å². The highest BCUT2D eigenvalue weighted by Gasteiger charge is 2.23. The lowest BCUT2D eigenvalue weighted by atomic mass is 10.1. The van der Waals surface area contributed by atoms with Gasteiger partial charge >= 0.3 is 5.97 Å². The molecule has 0 aliphatic carbocycles. The first kappa shape index (κ1) is 14.5. The van der Waals surface area contributed by atoms with Crippen LogP contribution in [0.1, 0.15) is 36.3 Å². The van der Waals surface area contributed by atoms with Crippen molar-refractivity contribution >= 4 is 17.0 Å². The van der Waals surface area contributed by atoms with Crippen LogP contribution in [0.15, 0.2) is 12.1 Å². The molecule has 0 radical (unpaired) electrons. The number of carboxylic acids is 1. The van der Waals surface area contributed by atoms with Crippen molar-refractivity contribution in [2.45, 2.75) is 39.7 Å². The molecule has 0 spiro atoms. The van der Waals surface area contributed by atoms with Crippen LogP contribution in [-0.4, -0.2) is 27.2 Å². The van der Waals surface area contributed by atoms with E-state index in [9.17, 15) is 9.90 Å². The number of aliphatic carboxylic acids is 1. The monoisotopic (exact) mass is 275 g/mol. The Kier molecular flexibility index (Phi) is 4.09. The topological polar surface area (TPSA) is 81.1 Å². The summed E-state index contributed by atoms with van der Waals surface area (Å²) in [6.45, 7) is 6.39. The minimum absolute atomic E-state index is 0.456. The van der Waals surface area contributed by atoms with Gasteiger partial charge in [-0.15, -0.1) is 0 Å². The molecular weight excluding hydrogens is 254 g/mol.